The van der Waals surface area contributed by atoms with Crippen LogP contribution in [0, 0.1) is 6.92 Å². The highest BCUT2D eigenvalue weighted by Crippen LogP contribution is 2.29. The lowest BCUT2D eigenvalue weighted by atomic mass is 10.1. The lowest BCUT2D eigenvalue weighted by Gasteiger charge is -2.15. The van der Waals surface area contributed by atoms with Crippen molar-refractivity contribution in [2.75, 3.05) is 18.5 Å². The Bertz CT molecular complexity index is 798. The number of nitrogens with one attached hydrogen (secondary N) is 1. The highest BCUT2D eigenvalue weighted by molar-refractivity contribution is 6.31. The van der Waals surface area contributed by atoms with Crippen molar-refractivity contribution in [2.45, 2.75) is 25.9 Å². The van der Waals surface area contributed by atoms with E-state index in [4.69, 9.17) is 21.1 Å². The number of ether oxygens (including phenoxy) is 2. The molecule has 1 N–H and O–H groups in total. The minimum Gasteiger partial charge on any atom is -0.489 e. The Morgan fingerprint density at radius 3 is 3.00 bits per heavy atom. The van der Waals surface area contributed by atoms with Crippen molar-refractivity contribution in [3.05, 3.63) is 64.7 Å². The molecule has 1 unspecified atom stereocenters. The fraction of sp³-hybridized carbons (Fsp3) is 0.286. The van der Waals surface area contributed by atoms with Crippen LogP contribution in [0.1, 0.15) is 24.0 Å². The summed E-state index contributed by atoms with van der Waals surface area (Å²) in [6, 6.07) is 13.1. The molecule has 0 saturated carbocycles. The Morgan fingerprint density at radius 1 is 1.35 bits per heavy atom. The molecular weight excluding hydrogens is 350 g/mol. The molecule has 0 aliphatic carbocycles. The van der Waals surface area contributed by atoms with Gasteiger partial charge in [-0.05, 0) is 49.6 Å². The van der Waals surface area contributed by atoms with Gasteiger partial charge in [0.2, 0.25) is 5.91 Å². The van der Waals surface area contributed by atoms with E-state index in [0.29, 0.717) is 23.1 Å². The van der Waals surface area contributed by atoms with Gasteiger partial charge >= 0.3 is 0 Å². The summed E-state index contributed by atoms with van der Waals surface area (Å²) in [4.78, 5) is 12.3. The van der Waals surface area contributed by atoms with Crippen molar-refractivity contribution in [1.82, 2.24) is 0 Å². The van der Waals surface area contributed by atoms with Gasteiger partial charge in [-0.2, -0.15) is 0 Å². The smallest absolute Gasteiger partial charge is 0.248 e. The second kappa shape index (κ2) is 8.88. The third-order valence-corrected chi connectivity index (χ3v) is 4.35. The van der Waals surface area contributed by atoms with Crippen LogP contribution in [0.4, 0.5) is 5.69 Å². The van der Waals surface area contributed by atoms with Crippen molar-refractivity contribution >= 4 is 29.3 Å². The van der Waals surface area contributed by atoms with Crippen LogP contribution in [0.25, 0.3) is 6.08 Å². The van der Waals surface area contributed by atoms with E-state index in [1.165, 1.54) is 6.08 Å². The summed E-state index contributed by atoms with van der Waals surface area (Å²) < 4.78 is 11.4. The molecule has 0 spiro atoms. The van der Waals surface area contributed by atoms with Crippen molar-refractivity contribution in [1.29, 1.82) is 0 Å². The molecule has 1 atom stereocenters. The van der Waals surface area contributed by atoms with E-state index >= 15 is 0 Å². The molecule has 1 saturated heterocycles. The van der Waals surface area contributed by atoms with E-state index in [2.05, 4.69) is 5.32 Å². The average Bonchev–Trinajstić information content (AvgIpc) is 3.13. The van der Waals surface area contributed by atoms with Crippen LogP contribution in [0.15, 0.2) is 48.5 Å². The fourth-order valence-electron chi connectivity index (χ4n) is 2.80. The van der Waals surface area contributed by atoms with Crippen molar-refractivity contribution in [2.24, 2.45) is 0 Å². The van der Waals surface area contributed by atoms with Crippen LogP contribution in [-0.4, -0.2) is 25.2 Å². The van der Waals surface area contributed by atoms with Crippen LogP contribution in [0.2, 0.25) is 5.02 Å². The number of hydrogen-bond donors (Lipinski definition) is 1. The number of carbonyl (C=O) groups is 1. The summed E-state index contributed by atoms with van der Waals surface area (Å²) in [5.41, 5.74) is 2.67. The van der Waals surface area contributed by atoms with Crippen molar-refractivity contribution in [3.8, 4) is 5.75 Å². The summed E-state index contributed by atoms with van der Waals surface area (Å²) in [5.74, 6) is 0.345. The zero-order valence-electron chi connectivity index (χ0n) is 14.7. The van der Waals surface area contributed by atoms with E-state index < -0.39 is 0 Å². The van der Waals surface area contributed by atoms with Gasteiger partial charge in [0.05, 0.1) is 11.8 Å². The summed E-state index contributed by atoms with van der Waals surface area (Å²) in [6.45, 7) is 3.26. The number of anilines is 1. The standard InChI is InChI=1S/C21H22ClNO3/c1-15-4-2-5-16(12-15)7-10-21(24)23-19-13-17(22)8-9-20(19)26-14-18-6-3-11-25-18/h2,4-5,7-10,12-13,18H,3,6,11,14H2,1H3,(H,23,24)/b10-7+. The van der Waals surface area contributed by atoms with E-state index in [1.807, 2.05) is 31.2 Å². The number of benzene rings is 2. The zero-order chi connectivity index (χ0) is 18.4. The lowest BCUT2D eigenvalue weighted by molar-refractivity contribution is -0.111. The Morgan fingerprint density at radius 2 is 2.23 bits per heavy atom. The monoisotopic (exact) mass is 371 g/mol. The maximum atomic E-state index is 12.3. The van der Waals surface area contributed by atoms with Gasteiger partial charge in [0, 0.05) is 17.7 Å². The van der Waals surface area contributed by atoms with Gasteiger partial charge in [-0.25, -0.2) is 0 Å². The number of hydrogen-bond acceptors (Lipinski definition) is 3. The topological polar surface area (TPSA) is 47.6 Å². The largest absolute Gasteiger partial charge is 0.489 e. The molecule has 2 aromatic carbocycles. The normalized spacial score (nSPS) is 16.8. The predicted molar refractivity (Wildman–Crippen MR) is 105 cm³/mol. The van der Waals surface area contributed by atoms with Crippen LogP contribution in [0.5, 0.6) is 5.75 Å². The zero-order valence-corrected chi connectivity index (χ0v) is 15.5. The van der Waals surface area contributed by atoms with Crippen molar-refractivity contribution in [3.63, 3.8) is 0 Å². The minimum absolute atomic E-state index is 0.107. The number of carbonyl (C=O) groups excluding carboxylic acids is 1. The van der Waals surface area contributed by atoms with Crippen LogP contribution in [-0.2, 0) is 9.53 Å². The summed E-state index contributed by atoms with van der Waals surface area (Å²) in [7, 11) is 0. The van der Waals surface area contributed by atoms with Crippen LogP contribution >= 0.6 is 11.6 Å². The summed E-state index contributed by atoms with van der Waals surface area (Å²) >= 11 is 6.07. The third-order valence-electron chi connectivity index (χ3n) is 4.12. The Balaban J connectivity index is 1.65. The molecule has 1 aliphatic heterocycles. The number of aryl methyl sites for hydroxylation is 1. The van der Waals surface area contributed by atoms with Gasteiger partial charge in [-0.15, -0.1) is 0 Å². The Kier molecular flexibility index (Phi) is 6.31. The number of rotatable bonds is 6. The Hall–Kier alpha value is -2.30. The molecule has 4 nitrogen and oxygen atoms in total. The predicted octanol–water partition coefficient (Wildman–Crippen LogP) is 4.86. The van der Waals surface area contributed by atoms with Gasteiger partial charge in [0.15, 0.2) is 0 Å². The molecule has 1 aliphatic rings. The summed E-state index contributed by atoms with van der Waals surface area (Å²) in [5, 5.41) is 3.37. The first-order valence-electron chi connectivity index (χ1n) is 8.70. The highest BCUT2D eigenvalue weighted by Gasteiger charge is 2.17. The number of halogens is 1. The highest BCUT2D eigenvalue weighted by atomic mass is 35.5. The molecule has 136 valence electrons. The quantitative estimate of drug-likeness (QED) is 0.738. The third kappa shape index (κ3) is 5.35. The van der Waals surface area contributed by atoms with Gasteiger partial charge < -0.3 is 14.8 Å². The molecule has 1 amide bonds. The molecule has 3 rings (SSSR count). The minimum atomic E-state index is -0.240. The van der Waals surface area contributed by atoms with E-state index in [1.54, 1.807) is 24.3 Å². The molecule has 26 heavy (non-hydrogen) atoms. The second-order valence-corrected chi connectivity index (χ2v) is 6.76. The molecule has 5 heteroatoms. The van der Waals surface area contributed by atoms with Gasteiger partial charge in [0.1, 0.15) is 12.4 Å². The molecule has 0 bridgehead atoms. The SMILES string of the molecule is Cc1cccc(/C=C/C(=O)Nc2cc(Cl)ccc2OCC2CCCO2)c1. The van der Waals surface area contributed by atoms with Crippen molar-refractivity contribution < 1.29 is 14.3 Å². The van der Waals surface area contributed by atoms with Crippen LogP contribution < -0.4 is 10.1 Å². The maximum Gasteiger partial charge on any atom is 0.248 e. The first-order chi connectivity index (χ1) is 12.6. The van der Waals surface area contributed by atoms with E-state index in [-0.39, 0.29) is 12.0 Å². The first-order valence-corrected chi connectivity index (χ1v) is 9.07. The second-order valence-electron chi connectivity index (χ2n) is 6.32. The molecule has 0 radical (unpaired) electrons. The number of amides is 1. The van der Waals surface area contributed by atoms with Gasteiger partial charge in [-0.3, -0.25) is 4.79 Å². The molecule has 2 aromatic rings. The van der Waals surface area contributed by atoms with E-state index in [9.17, 15) is 4.79 Å². The van der Waals surface area contributed by atoms with Crippen LogP contribution in [0.3, 0.4) is 0 Å². The molecule has 0 aromatic heterocycles. The molecule has 1 heterocycles. The fourth-order valence-corrected chi connectivity index (χ4v) is 2.98. The summed E-state index contributed by atoms with van der Waals surface area (Å²) in [6.07, 6.45) is 5.44. The average molecular weight is 372 g/mol. The Labute approximate surface area is 158 Å². The van der Waals surface area contributed by atoms with E-state index in [0.717, 1.165) is 30.6 Å². The van der Waals surface area contributed by atoms with Gasteiger partial charge in [-0.1, -0.05) is 41.4 Å². The maximum absolute atomic E-state index is 12.3. The molecule has 1 fully saturated rings. The molecular formula is C21H22ClNO3. The first kappa shape index (κ1) is 18.5. The lowest BCUT2D eigenvalue weighted by Crippen LogP contribution is -2.17. The van der Waals surface area contributed by atoms with Gasteiger partial charge in [0.25, 0.3) is 0 Å².